The Hall–Kier alpha value is -2.02. The van der Waals surface area contributed by atoms with Crippen LogP contribution >= 0.6 is 0 Å². The van der Waals surface area contributed by atoms with Crippen LogP contribution in [-0.2, 0) is 10.3 Å². The normalized spacial score (nSPS) is 26.1. The minimum atomic E-state index is -4.14. The number of hydrogen-bond donors (Lipinski definition) is 4. The third-order valence-corrected chi connectivity index (χ3v) is 8.38. The molecule has 12 heteroatoms. The van der Waals surface area contributed by atoms with Crippen LogP contribution in [0.5, 0.6) is 0 Å². The molecule has 2 saturated carbocycles. The van der Waals surface area contributed by atoms with Gasteiger partial charge in [0.1, 0.15) is 0 Å². The second kappa shape index (κ2) is 9.32. The Morgan fingerprint density at radius 2 is 1.61 bits per heavy atom. The highest BCUT2D eigenvalue weighted by molar-refractivity contribution is 7.83. The Bertz CT molecular complexity index is 1070. The molecule has 182 valence electrons. The third kappa shape index (κ3) is 5.08. The highest BCUT2D eigenvalue weighted by Gasteiger charge is 2.28. The van der Waals surface area contributed by atoms with E-state index in [1.54, 1.807) is 0 Å². The molecule has 1 aliphatic heterocycles. The smallest absolute Gasteiger partial charge is 0.335 e. The lowest BCUT2D eigenvalue weighted by Gasteiger charge is -2.30. The first kappa shape index (κ1) is 22.8. The van der Waals surface area contributed by atoms with Crippen LogP contribution in [0.1, 0.15) is 70.3 Å². The van der Waals surface area contributed by atoms with Crippen LogP contribution in [0.25, 0.3) is 11.2 Å². The monoisotopic (exact) mass is 478 g/mol. The minimum absolute atomic E-state index is 0.0401. The molecule has 0 unspecified atom stereocenters. The van der Waals surface area contributed by atoms with E-state index in [1.165, 1.54) is 12.8 Å². The molecular weight excluding hydrogens is 444 g/mol. The second-order valence-corrected chi connectivity index (χ2v) is 11.1. The van der Waals surface area contributed by atoms with E-state index < -0.39 is 10.3 Å². The Kier molecular flexibility index (Phi) is 6.43. The zero-order chi connectivity index (χ0) is 23.0. The molecule has 5 rings (SSSR count). The van der Waals surface area contributed by atoms with Gasteiger partial charge < -0.3 is 20.9 Å². The molecular formula is C21H34N8O3S. The van der Waals surface area contributed by atoms with E-state index in [0.717, 1.165) is 54.0 Å². The van der Waals surface area contributed by atoms with Crippen LogP contribution in [0.2, 0.25) is 0 Å². The van der Waals surface area contributed by atoms with Crippen molar-refractivity contribution in [3.63, 3.8) is 0 Å². The fraction of sp³-hybridized carbons (Fsp3) is 0.762. The van der Waals surface area contributed by atoms with Gasteiger partial charge in [-0.25, -0.2) is 4.98 Å². The van der Waals surface area contributed by atoms with E-state index in [0.29, 0.717) is 36.7 Å². The summed E-state index contributed by atoms with van der Waals surface area (Å²) in [7, 11) is -4.14. The van der Waals surface area contributed by atoms with Gasteiger partial charge in [0.15, 0.2) is 17.0 Å². The summed E-state index contributed by atoms with van der Waals surface area (Å²) in [5, 5.41) is 7.02. The zero-order valence-corrected chi connectivity index (χ0v) is 19.7. The van der Waals surface area contributed by atoms with Gasteiger partial charge in [-0.1, -0.05) is 12.8 Å². The van der Waals surface area contributed by atoms with Crippen LogP contribution in [0, 0.1) is 0 Å². The molecule has 3 heterocycles. The van der Waals surface area contributed by atoms with Crippen molar-refractivity contribution in [2.75, 3.05) is 23.7 Å². The van der Waals surface area contributed by atoms with Gasteiger partial charge in [0.2, 0.25) is 5.95 Å². The van der Waals surface area contributed by atoms with Crippen LogP contribution in [0.15, 0.2) is 6.33 Å². The van der Waals surface area contributed by atoms with Crippen molar-refractivity contribution in [1.29, 1.82) is 0 Å². The highest BCUT2D eigenvalue weighted by atomic mass is 32.2. The largest absolute Gasteiger partial charge is 0.365 e. The maximum Gasteiger partial charge on any atom is 0.335 e. The number of nitrogens with zero attached hydrogens (tertiary/aromatic N) is 5. The first-order chi connectivity index (χ1) is 15.9. The van der Waals surface area contributed by atoms with Gasteiger partial charge in [-0.3, -0.25) is 4.55 Å². The first-order valence-corrected chi connectivity index (χ1v) is 13.5. The number of nitrogens with one attached hydrogen (secondary N) is 2. The van der Waals surface area contributed by atoms with Crippen molar-refractivity contribution < 1.29 is 13.0 Å². The van der Waals surface area contributed by atoms with Crippen molar-refractivity contribution in [3.8, 4) is 0 Å². The van der Waals surface area contributed by atoms with Gasteiger partial charge in [0, 0.05) is 37.3 Å². The fourth-order valence-electron chi connectivity index (χ4n) is 5.40. The van der Waals surface area contributed by atoms with Crippen molar-refractivity contribution in [3.05, 3.63) is 6.33 Å². The van der Waals surface area contributed by atoms with E-state index in [9.17, 15) is 13.0 Å². The van der Waals surface area contributed by atoms with E-state index in [4.69, 9.17) is 15.7 Å². The number of rotatable bonds is 6. The SMILES string of the molecule is NC1CCC(Nc2nc(NC3CCN(S(=O)(=O)O)CC3)c3ncn(C4CCCC4)c3n2)CC1. The van der Waals surface area contributed by atoms with Crippen LogP contribution in [0.3, 0.4) is 0 Å². The van der Waals surface area contributed by atoms with Crippen molar-refractivity contribution in [2.45, 2.75) is 88.4 Å². The number of piperidine rings is 1. The molecule has 0 radical (unpaired) electrons. The van der Waals surface area contributed by atoms with Crippen molar-refractivity contribution in [1.82, 2.24) is 23.8 Å². The second-order valence-electron chi connectivity index (χ2n) is 9.71. The molecule has 2 aromatic rings. The molecule has 0 spiro atoms. The molecule has 11 nitrogen and oxygen atoms in total. The minimum Gasteiger partial charge on any atom is -0.365 e. The van der Waals surface area contributed by atoms with Crippen molar-refractivity contribution >= 4 is 33.2 Å². The summed E-state index contributed by atoms with van der Waals surface area (Å²) in [4.78, 5) is 14.3. The highest BCUT2D eigenvalue weighted by Crippen LogP contribution is 2.34. The van der Waals surface area contributed by atoms with Gasteiger partial charge in [-0.15, -0.1) is 0 Å². The predicted molar refractivity (Wildman–Crippen MR) is 126 cm³/mol. The van der Waals surface area contributed by atoms with E-state index >= 15 is 0 Å². The molecule has 3 fully saturated rings. The summed E-state index contributed by atoms with van der Waals surface area (Å²) >= 11 is 0. The van der Waals surface area contributed by atoms with Crippen LogP contribution in [-0.4, -0.2) is 68.0 Å². The molecule has 33 heavy (non-hydrogen) atoms. The maximum absolute atomic E-state index is 11.4. The molecule has 1 saturated heterocycles. The number of anilines is 2. The van der Waals surface area contributed by atoms with Crippen molar-refractivity contribution in [2.24, 2.45) is 5.73 Å². The molecule has 0 bridgehead atoms. The number of nitrogens with two attached hydrogens (primary N) is 1. The van der Waals surface area contributed by atoms with E-state index in [1.807, 2.05) is 6.33 Å². The van der Waals surface area contributed by atoms with Gasteiger partial charge in [-0.05, 0) is 51.4 Å². The summed E-state index contributed by atoms with van der Waals surface area (Å²) in [5.74, 6) is 1.28. The molecule has 5 N–H and O–H groups in total. The average molecular weight is 479 g/mol. The summed E-state index contributed by atoms with van der Waals surface area (Å²) in [6, 6.07) is 1.03. The Morgan fingerprint density at radius 3 is 2.27 bits per heavy atom. The summed E-state index contributed by atoms with van der Waals surface area (Å²) < 4.78 is 35.4. The standard InChI is InChI=1S/C21H34N8O3S/c22-14-5-7-15(8-6-14)25-21-26-19(24-16-9-11-28(12-10-16)33(30,31)32)18-20(27-21)29(13-23-18)17-3-1-2-4-17/h13-17H,1-12,22H2,(H,30,31,32)(H2,24,25,26,27). The van der Waals surface area contributed by atoms with Crippen LogP contribution < -0.4 is 16.4 Å². The number of imidazole rings is 1. The maximum atomic E-state index is 11.4. The zero-order valence-electron chi connectivity index (χ0n) is 18.9. The Labute approximate surface area is 194 Å². The summed E-state index contributed by atoms with van der Waals surface area (Å²) in [5.41, 5.74) is 7.65. The van der Waals surface area contributed by atoms with E-state index in [-0.39, 0.29) is 25.2 Å². The topological polar surface area (TPSA) is 151 Å². The number of hydrogen-bond acceptors (Lipinski definition) is 8. The van der Waals surface area contributed by atoms with Gasteiger partial charge in [0.05, 0.1) is 6.33 Å². The fourth-order valence-corrected chi connectivity index (χ4v) is 6.07. The van der Waals surface area contributed by atoms with E-state index in [2.05, 4.69) is 20.2 Å². The third-order valence-electron chi connectivity index (χ3n) is 7.37. The van der Waals surface area contributed by atoms with Gasteiger partial charge in [0.25, 0.3) is 0 Å². The summed E-state index contributed by atoms with van der Waals surface area (Å²) in [6.07, 6.45) is 11.8. The van der Waals surface area contributed by atoms with Gasteiger partial charge in [-0.2, -0.15) is 22.7 Å². The molecule has 2 aromatic heterocycles. The molecule has 3 aliphatic rings. The lowest BCUT2D eigenvalue weighted by Crippen LogP contribution is -2.42. The lowest BCUT2D eigenvalue weighted by molar-refractivity contribution is 0.297. The molecule has 0 atom stereocenters. The molecule has 0 amide bonds. The summed E-state index contributed by atoms with van der Waals surface area (Å²) in [6.45, 7) is 0.545. The molecule has 0 aromatic carbocycles. The number of fused-ring (bicyclic) bond motifs is 1. The lowest BCUT2D eigenvalue weighted by atomic mass is 9.92. The first-order valence-electron chi connectivity index (χ1n) is 12.1. The Morgan fingerprint density at radius 1 is 0.939 bits per heavy atom. The molecule has 2 aliphatic carbocycles. The van der Waals surface area contributed by atoms with Gasteiger partial charge >= 0.3 is 10.3 Å². The Balaban J connectivity index is 1.40. The van der Waals surface area contributed by atoms with Crippen LogP contribution in [0.4, 0.5) is 11.8 Å². The number of aromatic nitrogens is 4. The quantitative estimate of drug-likeness (QED) is 0.458. The predicted octanol–water partition coefficient (Wildman–Crippen LogP) is 2.30. The average Bonchev–Trinajstić information content (AvgIpc) is 3.45.